The van der Waals surface area contributed by atoms with Crippen LogP contribution in [0, 0.1) is 0 Å². The van der Waals surface area contributed by atoms with Gasteiger partial charge in [0, 0.05) is 25.6 Å². The van der Waals surface area contributed by atoms with E-state index in [9.17, 15) is 13.2 Å². The van der Waals surface area contributed by atoms with Crippen LogP contribution >= 0.6 is 11.3 Å². The van der Waals surface area contributed by atoms with Gasteiger partial charge in [0.2, 0.25) is 15.9 Å². The lowest BCUT2D eigenvalue weighted by Crippen LogP contribution is -2.28. The van der Waals surface area contributed by atoms with E-state index in [-0.39, 0.29) is 17.5 Å². The number of benzene rings is 1. The fourth-order valence-corrected chi connectivity index (χ4v) is 4.70. The largest absolute Gasteiger partial charge is 0.383 e. The molecule has 1 aromatic heterocycles. The van der Waals surface area contributed by atoms with Crippen molar-refractivity contribution in [2.45, 2.75) is 18.2 Å². The first-order valence-electron chi connectivity index (χ1n) is 8.52. The van der Waals surface area contributed by atoms with Crippen molar-refractivity contribution in [3.63, 3.8) is 0 Å². The van der Waals surface area contributed by atoms with E-state index in [0.29, 0.717) is 31.0 Å². The zero-order chi connectivity index (χ0) is 20.6. The number of amides is 1. The molecule has 0 aliphatic carbocycles. The highest BCUT2D eigenvalue weighted by atomic mass is 32.2. The van der Waals surface area contributed by atoms with E-state index in [1.165, 1.54) is 6.08 Å². The Bertz CT molecular complexity index is 895. The Labute approximate surface area is 168 Å². The second-order valence-electron chi connectivity index (χ2n) is 5.91. The fraction of sp³-hybridized carbons (Fsp3) is 0.333. The summed E-state index contributed by atoms with van der Waals surface area (Å²) in [7, 11) is -2.25. The predicted octanol–water partition coefficient (Wildman–Crippen LogP) is 1.58. The number of nitrogens with one attached hydrogen (secondary N) is 2. The first kappa shape index (κ1) is 22.0. The molecule has 2 aromatic rings. The summed E-state index contributed by atoms with van der Waals surface area (Å²) in [4.78, 5) is 16.0. The van der Waals surface area contributed by atoms with Crippen molar-refractivity contribution in [1.82, 2.24) is 10.3 Å². The Balaban J connectivity index is 2.05. The number of anilines is 1. The molecule has 0 aliphatic rings. The van der Waals surface area contributed by atoms with Gasteiger partial charge in [0.05, 0.1) is 18.7 Å². The number of hydrogen-bond donors (Lipinski definition) is 3. The molecular formula is C18H24N4O4S2. The molecule has 1 heterocycles. The number of nitrogens with two attached hydrogens (primary N) is 1. The highest BCUT2D eigenvalue weighted by Crippen LogP contribution is 2.27. The summed E-state index contributed by atoms with van der Waals surface area (Å²) in [6.07, 6.45) is 1.42. The quantitative estimate of drug-likeness (QED) is 0.372. The maximum Gasteiger partial charge on any atom is 0.245 e. The lowest BCUT2D eigenvalue weighted by Gasteiger charge is -2.15. The Hall–Kier alpha value is -2.27. The minimum Gasteiger partial charge on any atom is -0.383 e. The number of methoxy groups -OCH3 is 1. The maximum absolute atomic E-state index is 12.8. The van der Waals surface area contributed by atoms with Crippen LogP contribution in [0.4, 0.5) is 5.13 Å². The van der Waals surface area contributed by atoms with Gasteiger partial charge in [-0.1, -0.05) is 30.3 Å². The van der Waals surface area contributed by atoms with E-state index < -0.39 is 15.3 Å². The number of ether oxygens (including phenoxy) is 1. The van der Waals surface area contributed by atoms with Gasteiger partial charge < -0.3 is 15.8 Å². The van der Waals surface area contributed by atoms with Gasteiger partial charge in [-0.15, -0.1) is 17.9 Å². The molecule has 0 saturated carbocycles. The zero-order valence-electron chi connectivity index (χ0n) is 15.6. The molecule has 4 N–H and O–H groups in total. The van der Waals surface area contributed by atoms with Gasteiger partial charge in [-0.2, -0.15) is 0 Å². The molecule has 152 valence electrons. The molecule has 1 atom stereocenters. The number of thiazole rings is 1. The molecule has 0 saturated heterocycles. The second kappa shape index (κ2) is 10.3. The summed E-state index contributed by atoms with van der Waals surface area (Å²) in [6, 6.07) is 6.99. The van der Waals surface area contributed by atoms with Gasteiger partial charge in [0.1, 0.15) is 5.25 Å². The van der Waals surface area contributed by atoms with Crippen molar-refractivity contribution in [2.75, 3.05) is 25.0 Å². The Morgan fingerprint density at radius 1 is 1.39 bits per heavy atom. The standard InChI is InChI=1S/C18H24N4O4S2/c1-3-16(14-6-4-13(11-19)5-7-14)28(24,25)22-18-21-15(12-27-18)10-17(23)20-8-9-26-2/h3-7,12,16H,1,8-11,19H2,2H3,(H,20,23)(H,21,22). The first-order valence-corrected chi connectivity index (χ1v) is 10.9. The number of rotatable bonds is 11. The van der Waals surface area contributed by atoms with E-state index in [1.54, 1.807) is 36.8 Å². The monoisotopic (exact) mass is 424 g/mol. The van der Waals surface area contributed by atoms with Crippen molar-refractivity contribution in [2.24, 2.45) is 5.73 Å². The van der Waals surface area contributed by atoms with Crippen LogP contribution in [0.2, 0.25) is 0 Å². The Morgan fingerprint density at radius 3 is 2.71 bits per heavy atom. The lowest BCUT2D eigenvalue weighted by atomic mass is 10.1. The normalized spacial score (nSPS) is 12.4. The summed E-state index contributed by atoms with van der Waals surface area (Å²) in [5, 5.41) is 3.59. The molecule has 0 spiro atoms. The summed E-state index contributed by atoms with van der Waals surface area (Å²) in [5.41, 5.74) is 7.55. The minimum absolute atomic E-state index is 0.0629. The molecule has 10 heteroatoms. The lowest BCUT2D eigenvalue weighted by molar-refractivity contribution is -0.120. The molecule has 28 heavy (non-hydrogen) atoms. The third-order valence-electron chi connectivity index (χ3n) is 3.84. The third-order valence-corrected chi connectivity index (χ3v) is 6.39. The molecule has 0 bridgehead atoms. The van der Waals surface area contributed by atoms with Crippen molar-refractivity contribution >= 4 is 32.4 Å². The molecule has 1 unspecified atom stereocenters. The molecule has 0 radical (unpaired) electrons. The van der Waals surface area contributed by atoms with E-state index in [4.69, 9.17) is 10.5 Å². The third kappa shape index (κ3) is 6.13. The van der Waals surface area contributed by atoms with Crippen LogP contribution in [-0.4, -0.2) is 39.6 Å². The van der Waals surface area contributed by atoms with Crippen molar-refractivity contribution < 1.29 is 17.9 Å². The van der Waals surface area contributed by atoms with Gasteiger partial charge in [0.15, 0.2) is 5.13 Å². The second-order valence-corrected chi connectivity index (χ2v) is 8.57. The van der Waals surface area contributed by atoms with Crippen molar-refractivity contribution in [3.8, 4) is 0 Å². The SMILES string of the molecule is C=CC(c1ccc(CN)cc1)S(=O)(=O)Nc1nc(CC(=O)NCCOC)cs1. The van der Waals surface area contributed by atoms with Crippen LogP contribution in [0.3, 0.4) is 0 Å². The summed E-state index contributed by atoms with van der Waals surface area (Å²) in [5.74, 6) is -0.208. The van der Waals surface area contributed by atoms with Crippen LogP contribution in [0.5, 0.6) is 0 Å². The van der Waals surface area contributed by atoms with Gasteiger partial charge in [-0.05, 0) is 11.1 Å². The number of carbonyl (C=O) groups excluding carboxylic acids is 1. The molecule has 8 nitrogen and oxygen atoms in total. The number of sulfonamides is 1. The van der Waals surface area contributed by atoms with Gasteiger partial charge >= 0.3 is 0 Å². The van der Waals surface area contributed by atoms with Crippen molar-refractivity contribution in [1.29, 1.82) is 0 Å². The predicted molar refractivity (Wildman–Crippen MR) is 111 cm³/mol. The van der Waals surface area contributed by atoms with Crippen LogP contribution in [-0.2, 0) is 32.5 Å². The summed E-state index contributed by atoms with van der Waals surface area (Å²) < 4.78 is 32.9. The van der Waals surface area contributed by atoms with Crippen LogP contribution < -0.4 is 15.8 Å². The molecule has 1 aromatic carbocycles. The fourth-order valence-electron chi connectivity index (χ4n) is 2.43. The molecule has 1 amide bonds. The molecule has 0 fully saturated rings. The average Bonchev–Trinajstić information content (AvgIpc) is 3.08. The van der Waals surface area contributed by atoms with Gasteiger partial charge in [-0.3, -0.25) is 9.52 Å². The van der Waals surface area contributed by atoms with Gasteiger partial charge in [0.25, 0.3) is 0 Å². The van der Waals surface area contributed by atoms with E-state index in [0.717, 1.165) is 16.9 Å². The van der Waals surface area contributed by atoms with Crippen molar-refractivity contribution in [3.05, 3.63) is 59.1 Å². The Morgan fingerprint density at radius 2 is 2.11 bits per heavy atom. The molecule has 0 aliphatic heterocycles. The highest BCUT2D eigenvalue weighted by molar-refractivity contribution is 7.93. The summed E-state index contributed by atoms with van der Waals surface area (Å²) in [6.45, 7) is 4.85. The average molecular weight is 425 g/mol. The van der Waals surface area contributed by atoms with E-state index >= 15 is 0 Å². The van der Waals surface area contributed by atoms with Crippen LogP contribution in [0.25, 0.3) is 0 Å². The van der Waals surface area contributed by atoms with E-state index in [2.05, 4.69) is 21.6 Å². The number of carbonyl (C=O) groups is 1. The smallest absolute Gasteiger partial charge is 0.245 e. The topological polar surface area (TPSA) is 123 Å². The number of hydrogen-bond acceptors (Lipinski definition) is 7. The van der Waals surface area contributed by atoms with Crippen LogP contribution in [0.15, 0.2) is 42.3 Å². The maximum atomic E-state index is 12.8. The number of nitrogens with zero attached hydrogens (tertiary/aromatic N) is 1. The minimum atomic E-state index is -3.80. The first-order chi connectivity index (χ1) is 13.4. The zero-order valence-corrected chi connectivity index (χ0v) is 17.2. The van der Waals surface area contributed by atoms with E-state index in [1.807, 2.05) is 0 Å². The summed E-state index contributed by atoms with van der Waals surface area (Å²) >= 11 is 1.12. The molecular weight excluding hydrogens is 400 g/mol. The highest BCUT2D eigenvalue weighted by Gasteiger charge is 2.25. The van der Waals surface area contributed by atoms with Crippen LogP contribution in [0.1, 0.15) is 22.1 Å². The van der Waals surface area contributed by atoms with Gasteiger partial charge in [-0.25, -0.2) is 13.4 Å². The molecule has 2 rings (SSSR count). The number of aromatic nitrogens is 1. The Kier molecular flexibility index (Phi) is 8.12.